The van der Waals surface area contributed by atoms with Gasteiger partial charge in [0.15, 0.2) is 11.2 Å². The Morgan fingerprint density at radius 2 is 0.796 bits per heavy atom. The van der Waals surface area contributed by atoms with E-state index in [-0.39, 0.29) is 12.2 Å². The highest BCUT2D eigenvalue weighted by atomic mass is 16.5. The molecule has 6 nitrogen and oxygen atoms in total. The number of aromatic nitrogens is 2. The van der Waals surface area contributed by atoms with Gasteiger partial charge in [0, 0.05) is 6.07 Å². The van der Waals surface area contributed by atoms with Crippen molar-refractivity contribution in [1.82, 2.24) is 9.97 Å². The molecule has 0 radical (unpaired) electrons. The minimum absolute atomic E-state index is 0.263. The third-order valence-electron chi connectivity index (χ3n) is 14.9. The van der Waals surface area contributed by atoms with Crippen molar-refractivity contribution in [3.63, 3.8) is 0 Å². The van der Waals surface area contributed by atoms with Crippen molar-refractivity contribution in [3.8, 4) is 34.4 Å². The van der Waals surface area contributed by atoms with E-state index in [1.54, 1.807) is 0 Å². The SMILES string of the molecule is c1ccc2cc(-c3nc4cc5nc(-c6cc7ccccc7cc6OC6C7CC8CC(C7)CC6C8)oc5cc4o3)c(OC3C4CC5CC(C4)CC3C5)cc2c1. The highest BCUT2D eigenvalue weighted by Crippen LogP contribution is 2.56. The molecule has 8 bridgehead atoms. The first-order valence-electron chi connectivity index (χ1n) is 20.7. The standard InChI is InChI=1S/C48H44N2O4/c1-3-7-31-21-41(51-45-33-11-25-9-26(13-33)14-34(45)12-25)37(19-29(31)5-1)47-49-39-23-40-44(24-43(39)53-47)54-48(50-40)38-20-30-6-2-4-8-32(30)22-42(38)52-46-35-15-27-10-28(17-35)18-36(46)16-27/h1-8,19-28,33-36,45-46H,9-18H2. The Morgan fingerprint density at radius 3 is 1.19 bits per heavy atom. The average molecular weight is 713 g/mol. The molecule has 7 aromatic rings. The monoisotopic (exact) mass is 712 g/mol. The summed E-state index contributed by atoms with van der Waals surface area (Å²) in [6.07, 6.45) is 13.9. The van der Waals surface area contributed by atoms with Crippen LogP contribution in [0.25, 0.3) is 66.7 Å². The zero-order valence-corrected chi connectivity index (χ0v) is 30.5. The number of fused-ring (bicyclic) bond motifs is 4. The van der Waals surface area contributed by atoms with Gasteiger partial charge in [-0.2, -0.15) is 0 Å². The van der Waals surface area contributed by atoms with Gasteiger partial charge in [0.05, 0.1) is 11.1 Å². The normalized spacial score (nSPS) is 32.1. The first-order chi connectivity index (χ1) is 26.6. The summed E-state index contributed by atoms with van der Waals surface area (Å²) in [5, 5.41) is 4.64. The lowest BCUT2D eigenvalue weighted by molar-refractivity contribution is -0.0787. The first kappa shape index (κ1) is 30.5. The summed E-state index contributed by atoms with van der Waals surface area (Å²) in [6, 6.07) is 29.8. The van der Waals surface area contributed by atoms with E-state index in [9.17, 15) is 0 Å². The molecule has 2 heterocycles. The quantitative estimate of drug-likeness (QED) is 0.171. The fraction of sp³-hybridized carbons (Fsp3) is 0.417. The number of hydrogen-bond acceptors (Lipinski definition) is 6. The second-order valence-electron chi connectivity index (χ2n) is 18.2. The van der Waals surface area contributed by atoms with Crippen LogP contribution in [-0.4, -0.2) is 22.2 Å². The lowest BCUT2D eigenvalue weighted by Crippen LogP contribution is -2.50. The van der Waals surface area contributed by atoms with Gasteiger partial charge < -0.3 is 18.3 Å². The van der Waals surface area contributed by atoms with Gasteiger partial charge in [0.2, 0.25) is 11.8 Å². The second kappa shape index (κ2) is 11.3. The smallest absolute Gasteiger partial charge is 0.231 e. The van der Waals surface area contributed by atoms with Crippen LogP contribution < -0.4 is 9.47 Å². The summed E-state index contributed by atoms with van der Waals surface area (Å²) >= 11 is 0. The molecule has 8 saturated carbocycles. The lowest BCUT2D eigenvalue weighted by Gasteiger charge is -2.53. The summed E-state index contributed by atoms with van der Waals surface area (Å²) in [5.41, 5.74) is 4.69. The predicted molar refractivity (Wildman–Crippen MR) is 210 cm³/mol. The Kier molecular flexibility index (Phi) is 6.40. The molecule has 5 aromatic carbocycles. The molecule has 6 heteroatoms. The van der Waals surface area contributed by atoms with E-state index >= 15 is 0 Å². The minimum Gasteiger partial charge on any atom is -0.489 e. The van der Waals surface area contributed by atoms with Crippen molar-refractivity contribution in [1.29, 1.82) is 0 Å². The van der Waals surface area contributed by atoms with E-state index in [2.05, 4.69) is 72.8 Å². The van der Waals surface area contributed by atoms with Crippen LogP contribution in [-0.2, 0) is 0 Å². The molecule has 15 rings (SSSR count). The number of hydrogen-bond donors (Lipinski definition) is 0. The lowest BCUT2D eigenvalue weighted by atomic mass is 9.55. The number of rotatable bonds is 6. The molecular formula is C48H44N2O4. The summed E-state index contributed by atoms with van der Waals surface area (Å²) in [7, 11) is 0. The Morgan fingerprint density at radius 1 is 0.426 bits per heavy atom. The van der Waals surface area contributed by atoms with E-state index < -0.39 is 0 Å². The molecular weight excluding hydrogens is 669 g/mol. The fourth-order valence-corrected chi connectivity index (χ4v) is 13.0. The number of ether oxygens (including phenoxy) is 2. The molecule has 0 atom stereocenters. The fourth-order valence-electron chi connectivity index (χ4n) is 13.0. The molecule has 8 aliphatic carbocycles. The maximum Gasteiger partial charge on any atom is 0.231 e. The van der Waals surface area contributed by atoms with E-state index in [0.717, 1.165) is 68.1 Å². The Bertz CT molecular complexity index is 2350. The van der Waals surface area contributed by atoms with Crippen molar-refractivity contribution < 1.29 is 18.3 Å². The molecule has 270 valence electrons. The average Bonchev–Trinajstić information content (AvgIpc) is 3.78. The van der Waals surface area contributed by atoms with Crippen molar-refractivity contribution >= 4 is 43.7 Å². The molecule has 0 amide bonds. The van der Waals surface area contributed by atoms with Gasteiger partial charge in [-0.3, -0.25) is 0 Å². The second-order valence-corrected chi connectivity index (χ2v) is 18.2. The molecule has 2 aromatic heterocycles. The van der Waals surface area contributed by atoms with Crippen LogP contribution >= 0.6 is 0 Å². The largest absolute Gasteiger partial charge is 0.489 e. The van der Waals surface area contributed by atoms with Crippen molar-refractivity contribution in [2.45, 2.75) is 76.4 Å². The van der Waals surface area contributed by atoms with Gasteiger partial charge in [-0.25, -0.2) is 9.97 Å². The van der Waals surface area contributed by atoms with Gasteiger partial charge >= 0.3 is 0 Å². The number of oxazole rings is 2. The zero-order valence-electron chi connectivity index (χ0n) is 30.5. The summed E-state index contributed by atoms with van der Waals surface area (Å²) < 4.78 is 27.4. The van der Waals surface area contributed by atoms with E-state index in [1.807, 2.05) is 12.1 Å². The highest BCUT2D eigenvalue weighted by molar-refractivity contribution is 5.95. The van der Waals surface area contributed by atoms with Crippen LogP contribution in [0.4, 0.5) is 0 Å². The molecule has 54 heavy (non-hydrogen) atoms. The molecule has 0 spiro atoms. The molecule has 8 fully saturated rings. The van der Waals surface area contributed by atoms with Gasteiger partial charge in [-0.1, -0.05) is 48.5 Å². The van der Waals surface area contributed by atoms with Crippen LogP contribution in [0.5, 0.6) is 11.5 Å². The van der Waals surface area contributed by atoms with Crippen LogP contribution in [0.15, 0.2) is 93.8 Å². The first-order valence-corrected chi connectivity index (χ1v) is 20.7. The molecule has 0 unspecified atom stereocenters. The number of benzene rings is 5. The maximum absolute atomic E-state index is 7.09. The van der Waals surface area contributed by atoms with E-state index in [0.29, 0.717) is 46.6 Å². The van der Waals surface area contributed by atoms with Crippen LogP contribution in [0.2, 0.25) is 0 Å². The third-order valence-corrected chi connectivity index (χ3v) is 14.9. The third kappa shape index (κ3) is 4.77. The van der Waals surface area contributed by atoms with Crippen LogP contribution in [0, 0.1) is 47.3 Å². The molecule has 8 aliphatic rings. The Hall–Kier alpha value is -4.84. The van der Waals surface area contributed by atoms with Crippen LogP contribution in [0.3, 0.4) is 0 Å². The predicted octanol–water partition coefficient (Wildman–Crippen LogP) is 12.0. The van der Waals surface area contributed by atoms with Gasteiger partial charge in [-0.05, 0) is 163 Å². The molecule has 0 aliphatic heterocycles. The highest BCUT2D eigenvalue weighted by Gasteiger charge is 2.51. The topological polar surface area (TPSA) is 70.5 Å². The van der Waals surface area contributed by atoms with Gasteiger partial charge in [-0.15, -0.1) is 0 Å². The van der Waals surface area contributed by atoms with Gasteiger partial charge in [0.25, 0.3) is 0 Å². The van der Waals surface area contributed by atoms with E-state index in [1.165, 1.54) is 75.0 Å². The molecule has 0 N–H and O–H groups in total. The van der Waals surface area contributed by atoms with Crippen molar-refractivity contribution in [2.75, 3.05) is 0 Å². The Balaban J connectivity index is 0.873. The van der Waals surface area contributed by atoms with Gasteiger partial charge in [0.1, 0.15) is 34.7 Å². The summed E-state index contributed by atoms with van der Waals surface area (Å²) in [5.74, 6) is 9.10. The number of nitrogens with zero attached hydrogens (tertiary/aromatic N) is 2. The molecule has 0 saturated heterocycles. The summed E-state index contributed by atoms with van der Waals surface area (Å²) in [6.45, 7) is 0. The van der Waals surface area contributed by atoms with Crippen molar-refractivity contribution in [2.24, 2.45) is 47.3 Å². The van der Waals surface area contributed by atoms with Crippen LogP contribution in [0.1, 0.15) is 64.2 Å². The maximum atomic E-state index is 7.09. The minimum atomic E-state index is 0.263. The van der Waals surface area contributed by atoms with E-state index in [4.69, 9.17) is 28.3 Å². The summed E-state index contributed by atoms with van der Waals surface area (Å²) in [4.78, 5) is 10.2. The zero-order chi connectivity index (χ0) is 35.1. The Labute approximate surface area is 314 Å². The van der Waals surface area contributed by atoms with Crippen molar-refractivity contribution in [3.05, 3.63) is 84.9 Å².